The number of phenolic OH excluding ortho intramolecular Hbond substituents is 2. The van der Waals surface area contributed by atoms with Crippen molar-refractivity contribution < 1.29 is 15.0 Å². The van der Waals surface area contributed by atoms with Crippen LogP contribution in [0.1, 0.15) is 70.2 Å². The third-order valence-corrected chi connectivity index (χ3v) is 4.76. The van der Waals surface area contributed by atoms with Crippen LogP contribution in [0.5, 0.6) is 11.5 Å². The second-order valence-electron chi connectivity index (χ2n) is 9.39. The number of nitrogens with one attached hydrogen (secondary N) is 1. The van der Waals surface area contributed by atoms with Crippen LogP contribution in [0.4, 0.5) is 0 Å². The molecular weight excluding hydrogens is 364 g/mol. The van der Waals surface area contributed by atoms with Crippen LogP contribution < -0.4 is 5.43 Å². The van der Waals surface area contributed by atoms with Crippen molar-refractivity contribution in [2.45, 2.75) is 65.2 Å². The van der Waals surface area contributed by atoms with Crippen molar-refractivity contribution in [1.29, 1.82) is 0 Å². The maximum atomic E-state index is 12.2. The Morgan fingerprint density at radius 3 is 2.07 bits per heavy atom. The average molecular weight is 397 g/mol. The van der Waals surface area contributed by atoms with Gasteiger partial charge in [-0.05, 0) is 46.1 Å². The normalized spacial score (nSPS) is 12.3. The van der Waals surface area contributed by atoms with Crippen molar-refractivity contribution in [2.24, 2.45) is 5.10 Å². The number of hydrogen-bond acceptors (Lipinski definition) is 4. The fourth-order valence-corrected chi connectivity index (χ4v) is 3.07. The highest BCUT2D eigenvalue weighted by molar-refractivity contribution is 5.85. The topological polar surface area (TPSA) is 81.9 Å². The zero-order valence-corrected chi connectivity index (χ0v) is 18.2. The highest BCUT2D eigenvalue weighted by Crippen LogP contribution is 2.39. The van der Waals surface area contributed by atoms with Gasteiger partial charge in [-0.25, -0.2) is 5.43 Å². The van der Waals surface area contributed by atoms with Crippen molar-refractivity contribution in [3.63, 3.8) is 0 Å². The number of para-hydroxylation sites is 1. The summed E-state index contributed by atoms with van der Waals surface area (Å²) >= 11 is 0. The van der Waals surface area contributed by atoms with Gasteiger partial charge in [0.25, 0.3) is 0 Å². The van der Waals surface area contributed by atoms with Gasteiger partial charge in [0, 0.05) is 12.0 Å². The summed E-state index contributed by atoms with van der Waals surface area (Å²) in [5, 5.41) is 24.4. The van der Waals surface area contributed by atoms with E-state index in [1.807, 2.05) is 12.1 Å². The number of carbonyl (C=O) groups is 1. The predicted octanol–water partition coefficient (Wildman–Crippen LogP) is 4.78. The number of phenols is 2. The zero-order chi connectivity index (χ0) is 21.8. The van der Waals surface area contributed by atoms with E-state index in [1.165, 1.54) is 6.21 Å². The molecule has 0 heterocycles. The second-order valence-corrected chi connectivity index (χ2v) is 9.39. The van der Waals surface area contributed by atoms with E-state index in [9.17, 15) is 15.0 Å². The number of aromatic hydroxyl groups is 2. The van der Waals surface area contributed by atoms with Gasteiger partial charge in [0.1, 0.15) is 11.5 Å². The Morgan fingerprint density at radius 1 is 1.00 bits per heavy atom. The quantitative estimate of drug-likeness (QED) is 0.503. The first-order valence-corrected chi connectivity index (χ1v) is 9.86. The Balaban J connectivity index is 2.11. The highest BCUT2D eigenvalue weighted by Gasteiger charge is 2.26. The van der Waals surface area contributed by atoms with Gasteiger partial charge in [-0.1, -0.05) is 65.8 Å². The van der Waals surface area contributed by atoms with Crippen LogP contribution >= 0.6 is 0 Å². The summed E-state index contributed by atoms with van der Waals surface area (Å²) in [4.78, 5) is 12.2. The van der Waals surface area contributed by atoms with Crippen molar-refractivity contribution in [3.8, 4) is 11.5 Å². The molecule has 2 rings (SSSR count). The van der Waals surface area contributed by atoms with E-state index in [0.717, 1.165) is 16.7 Å². The Morgan fingerprint density at radius 2 is 1.55 bits per heavy atom. The van der Waals surface area contributed by atoms with Crippen LogP contribution in [0.15, 0.2) is 41.5 Å². The molecule has 0 spiro atoms. The van der Waals surface area contributed by atoms with E-state index in [-0.39, 0.29) is 28.9 Å². The number of rotatable bonds is 5. The molecule has 0 saturated heterocycles. The lowest BCUT2D eigenvalue weighted by Crippen LogP contribution is -2.20. The van der Waals surface area contributed by atoms with Crippen LogP contribution in [0.3, 0.4) is 0 Å². The molecule has 1 amide bonds. The molecule has 29 heavy (non-hydrogen) atoms. The summed E-state index contributed by atoms with van der Waals surface area (Å²) in [6.07, 6.45) is 2.24. The summed E-state index contributed by atoms with van der Waals surface area (Å²) in [6.45, 7) is 12.4. The molecule has 2 aromatic carbocycles. The Hall–Kier alpha value is -2.82. The zero-order valence-electron chi connectivity index (χ0n) is 18.2. The summed E-state index contributed by atoms with van der Waals surface area (Å²) < 4.78 is 0. The summed E-state index contributed by atoms with van der Waals surface area (Å²) in [5.74, 6) is 0.240. The molecule has 0 aliphatic rings. The third-order valence-electron chi connectivity index (χ3n) is 4.76. The van der Waals surface area contributed by atoms with Gasteiger partial charge in [-0.3, -0.25) is 4.79 Å². The van der Waals surface area contributed by atoms with Gasteiger partial charge in [-0.15, -0.1) is 0 Å². The van der Waals surface area contributed by atoms with E-state index in [0.29, 0.717) is 17.7 Å². The molecule has 0 saturated carbocycles. The minimum atomic E-state index is -0.209. The molecule has 5 heteroatoms. The molecule has 0 aromatic heterocycles. The van der Waals surface area contributed by atoms with Crippen molar-refractivity contribution in [3.05, 3.63) is 58.7 Å². The number of hydrogen-bond donors (Lipinski definition) is 3. The molecule has 0 radical (unpaired) electrons. The Kier molecular flexibility index (Phi) is 6.73. The molecule has 0 aliphatic carbocycles. The van der Waals surface area contributed by atoms with Gasteiger partial charge in [0.2, 0.25) is 5.91 Å². The lowest BCUT2D eigenvalue weighted by Gasteiger charge is -2.28. The van der Waals surface area contributed by atoms with Crippen molar-refractivity contribution in [1.82, 2.24) is 5.43 Å². The van der Waals surface area contributed by atoms with Crippen LogP contribution in [-0.2, 0) is 22.0 Å². The van der Waals surface area contributed by atoms with Crippen LogP contribution in [0, 0.1) is 0 Å². The molecule has 0 atom stereocenters. The number of carbonyl (C=O) groups excluding carboxylic acids is 1. The first kappa shape index (κ1) is 22.5. The average Bonchev–Trinajstić information content (AvgIpc) is 2.60. The van der Waals surface area contributed by atoms with Gasteiger partial charge < -0.3 is 10.2 Å². The first-order valence-electron chi connectivity index (χ1n) is 9.86. The molecule has 0 unspecified atom stereocenters. The number of benzene rings is 2. The standard InChI is InChI=1S/C24H32N2O3/c1-23(2,3)18-13-16(14-19(22(18)29)24(4,5)6)11-12-21(28)26-25-15-17-9-7-8-10-20(17)27/h7-10,13-15,27,29H,11-12H2,1-6H3,(H,26,28). The second kappa shape index (κ2) is 8.68. The fraction of sp³-hybridized carbons (Fsp3) is 0.417. The SMILES string of the molecule is CC(C)(C)c1cc(CCC(=O)NN=Cc2ccccc2O)cc(C(C)(C)C)c1O. The molecule has 3 N–H and O–H groups in total. The largest absolute Gasteiger partial charge is 0.507 e. The molecule has 156 valence electrons. The Labute approximate surface area is 173 Å². The Bertz CT molecular complexity index is 868. The van der Waals surface area contributed by atoms with Gasteiger partial charge >= 0.3 is 0 Å². The minimum Gasteiger partial charge on any atom is -0.507 e. The van der Waals surface area contributed by atoms with E-state index in [1.54, 1.807) is 24.3 Å². The smallest absolute Gasteiger partial charge is 0.240 e. The van der Waals surface area contributed by atoms with Crippen molar-refractivity contribution >= 4 is 12.1 Å². The molecule has 0 aliphatic heterocycles. The number of nitrogens with zero attached hydrogens (tertiary/aromatic N) is 1. The molecule has 2 aromatic rings. The molecule has 5 nitrogen and oxygen atoms in total. The fourth-order valence-electron chi connectivity index (χ4n) is 3.07. The van der Waals surface area contributed by atoms with E-state index in [4.69, 9.17) is 0 Å². The van der Waals surface area contributed by atoms with E-state index < -0.39 is 0 Å². The third kappa shape index (κ3) is 6.08. The maximum Gasteiger partial charge on any atom is 0.240 e. The van der Waals surface area contributed by atoms with Crippen molar-refractivity contribution in [2.75, 3.05) is 0 Å². The van der Waals surface area contributed by atoms with Gasteiger partial charge in [-0.2, -0.15) is 5.10 Å². The van der Waals surface area contributed by atoms with Gasteiger partial charge in [0.05, 0.1) is 6.21 Å². The highest BCUT2D eigenvalue weighted by atomic mass is 16.3. The molecule has 0 bridgehead atoms. The van der Waals surface area contributed by atoms with Gasteiger partial charge in [0.15, 0.2) is 0 Å². The van der Waals surface area contributed by atoms with Crippen LogP contribution in [0.2, 0.25) is 0 Å². The van der Waals surface area contributed by atoms with E-state index >= 15 is 0 Å². The maximum absolute atomic E-state index is 12.2. The summed E-state index contributed by atoms with van der Waals surface area (Å²) in [7, 11) is 0. The summed E-state index contributed by atoms with van der Waals surface area (Å²) in [6, 6.07) is 10.8. The molecular formula is C24H32N2O3. The number of amides is 1. The number of aryl methyl sites for hydroxylation is 1. The lowest BCUT2D eigenvalue weighted by atomic mass is 9.78. The first-order chi connectivity index (χ1) is 13.4. The minimum absolute atomic E-state index is 0.110. The summed E-state index contributed by atoms with van der Waals surface area (Å²) in [5.41, 5.74) is 5.42. The molecule has 0 fully saturated rings. The van der Waals surface area contributed by atoms with Crippen LogP contribution in [0.25, 0.3) is 0 Å². The lowest BCUT2D eigenvalue weighted by molar-refractivity contribution is -0.121. The van der Waals surface area contributed by atoms with Crippen LogP contribution in [-0.4, -0.2) is 22.3 Å². The number of hydrazone groups is 1. The van der Waals surface area contributed by atoms with E-state index in [2.05, 4.69) is 52.1 Å². The predicted molar refractivity (Wildman–Crippen MR) is 118 cm³/mol. The monoisotopic (exact) mass is 396 g/mol.